The van der Waals surface area contributed by atoms with E-state index in [9.17, 15) is 13.2 Å². The summed E-state index contributed by atoms with van der Waals surface area (Å²) in [6, 6.07) is 0. The maximum absolute atomic E-state index is 10.3. The van der Waals surface area contributed by atoms with Crippen LogP contribution in [0.15, 0.2) is 12.7 Å². The number of hydrogen-bond acceptors (Lipinski definition) is 7. The molecule has 0 fully saturated rings. The number of ether oxygens (including phenoxy) is 1. The van der Waals surface area contributed by atoms with E-state index in [-0.39, 0.29) is 13.3 Å². The summed E-state index contributed by atoms with van der Waals surface area (Å²) >= 11 is 0. The van der Waals surface area contributed by atoms with Crippen LogP contribution in [0, 0.1) is 0 Å². The summed E-state index contributed by atoms with van der Waals surface area (Å²) in [7, 11) is -3.29. The van der Waals surface area contributed by atoms with E-state index in [1.807, 2.05) is 0 Å². The largest absolute Gasteiger partial charge is 0.461 e. The van der Waals surface area contributed by atoms with E-state index >= 15 is 0 Å². The Labute approximate surface area is 93.8 Å². The first-order chi connectivity index (χ1) is 7.37. The van der Waals surface area contributed by atoms with Crippen molar-refractivity contribution in [3.05, 3.63) is 12.7 Å². The monoisotopic (exact) mass is 257 g/mol. The summed E-state index contributed by atoms with van der Waals surface area (Å²) in [4.78, 5) is 10.3. The molecule has 0 bridgehead atoms. The first-order valence-corrected chi connectivity index (χ1v) is 5.37. The summed E-state index contributed by atoms with van der Waals surface area (Å²) in [6.45, 7) is 3.82. The Hall–Kier alpha value is -1.00. The molecule has 0 aliphatic rings. The molecule has 96 valence electrons. The topological polar surface area (TPSA) is 122 Å². The molecule has 0 unspecified atom stereocenters. The first kappa shape index (κ1) is 17.4. The maximum atomic E-state index is 10.3. The highest BCUT2D eigenvalue weighted by atomic mass is 32.3. The van der Waals surface area contributed by atoms with Gasteiger partial charge in [0.1, 0.15) is 6.61 Å². The zero-order valence-electron chi connectivity index (χ0n) is 8.75. The Morgan fingerprint density at radius 1 is 1.56 bits per heavy atom. The second-order valence-corrected chi connectivity index (χ2v) is 3.31. The number of carbonyl (C=O) groups is 1. The fourth-order valence-corrected chi connectivity index (χ4v) is 0.362. The van der Waals surface area contributed by atoms with Gasteiger partial charge in [-0.1, -0.05) is 6.58 Å². The SMILES string of the molecule is C=CC(=O)OCCNCO.COS(=O)(=O)O. The first-order valence-electron chi connectivity index (χ1n) is 4.01. The molecule has 0 rings (SSSR count). The second kappa shape index (κ2) is 10.5. The molecule has 0 aromatic carbocycles. The van der Waals surface area contributed by atoms with Crippen LogP contribution in [0.2, 0.25) is 0 Å². The van der Waals surface area contributed by atoms with Crippen molar-refractivity contribution in [3.8, 4) is 0 Å². The smallest absolute Gasteiger partial charge is 0.397 e. The summed E-state index contributed by atoms with van der Waals surface area (Å²) in [5, 5.41) is 10.8. The molecule has 8 nitrogen and oxygen atoms in total. The van der Waals surface area contributed by atoms with E-state index < -0.39 is 16.4 Å². The van der Waals surface area contributed by atoms with Crippen LogP contribution in [0.1, 0.15) is 0 Å². The molecule has 0 saturated carbocycles. The molecule has 0 atom stereocenters. The van der Waals surface area contributed by atoms with Crippen molar-refractivity contribution in [2.75, 3.05) is 27.0 Å². The van der Waals surface area contributed by atoms with Crippen LogP contribution in [0.5, 0.6) is 0 Å². The van der Waals surface area contributed by atoms with Crippen LogP contribution in [0.25, 0.3) is 0 Å². The van der Waals surface area contributed by atoms with Gasteiger partial charge in [-0.15, -0.1) is 0 Å². The van der Waals surface area contributed by atoms with E-state index in [1.54, 1.807) is 0 Å². The third-order valence-electron chi connectivity index (χ3n) is 1.01. The zero-order chi connectivity index (χ0) is 13.0. The van der Waals surface area contributed by atoms with Gasteiger partial charge in [0.25, 0.3) is 0 Å². The fraction of sp³-hybridized carbons (Fsp3) is 0.571. The highest BCUT2D eigenvalue weighted by molar-refractivity contribution is 7.80. The Morgan fingerprint density at radius 3 is 2.38 bits per heavy atom. The van der Waals surface area contributed by atoms with E-state index in [0.717, 1.165) is 13.2 Å². The van der Waals surface area contributed by atoms with Crippen molar-refractivity contribution in [2.45, 2.75) is 0 Å². The van der Waals surface area contributed by atoms with Gasteiger partial charge in [0.2, 0.25) is 0 Å². The molecular formula is C7H15NO7S. The van der Waals surface area contributed by atoms with Crippen molar-refractivity contribution in [2.24, 2.45) is 0 Å². The molecule has 3 N–H and O–H groups in total. The second-order valence-electron chi connectivity index (χ2n) is 2.12. The third-order valence-corrected chi connectivity index (χ3v) is 1.43. The Bertz CT molecular complexity index is 287. The number of esters is 1. The van der Waals surface area contributed by atoms with Gasteiger partial charge in [-0.2, -0.15) is 8.42 Å². The molecule has 0 saturated heterocycles. The number of aliphatic hydroxyl groups is 1. The van der Waals surface area contributed by atoms with Gasteiger partial charge in [0.05, 0.1) is 13.8 Å². The Balaban J connectivity index is 0. The highest BCUT2D eigenvalue weighted by Gasteiger charge is 1.94. The lowest BCUT2D eigenvalue weighted by Gasteiger charge is -2.00. The summed E-state index contributed by atoms with van der Waals surface area (Å²) in [6.07, 6.45) is 1.10. The average molecular weight is 257 g/mol. The molecule has 0 aromatic rings. The average Bonchev–Trinajstić information content (AvgIpc) is 2.24. The highest BCUT2D eigenvalue weighted by Crippen LogP contribution is 1.76. The predicted molar refractivity (Wildman–Crippen MR) is 54.8 cm³/mol. The molecular weight excluding hydrogens is 242 g/mol. The van der Waals surface area contributed by atoms with Crippen molar-refractivity contribution in [3.63, 3.8) is 0 Å². The number of rotatable bonds is 6. The molecule has 16 heavy (non-hydrogen) atoms. The molecule has 0 aliphatic heterocycles. The lowest BCUT2D eigenvalue weighted by Crippen LogP contribution is -2.21. The van der Waals surface area contributed by atoms with Crippen LogP contribution in [0.3, 0.4) is 0 Å². The van der Waals surface area contributed by atoms with Crippen molar-refractivity contribution in [1.82, 2.24) is 5.32 Å². The number of nitrogens with one attached hydrogen (secondary N) is 1. The summed E-state index contributed by atoms with van der Waals surface area (Å²) in [5.41, 5.74) is 0. The predicted octanol–water partition coefficient (Wildman–Crippen LogP) is -1.31. The van der Waals surface area contributed by atoms with Gasteiger partial charge >= 0.3 is 16.4 Å². The number of aliphatic hydroxyl groups excluding tert-OH is 1. The van der Waals surface area contributed by atoms with Crippen LogP contribution < -0.4 is 5.32 Å². The normalized spacial score (nSPS) is 9.94. The van der Waals surface area contributed by atoms with Gasteiger partial charge in [0.15, 0.2) is 0 Å². The molecule has 0 spiro atoms. The van der Waals surface area contributed by atoms with Gasteiger partial charge < -0.3 is 9.84 Å². The molecule has 0 heterocycles. The van der Waals surface area contributed by atoms with Crippen LogP contribution in [0.4, 0.5) is 0 Å². The lowest BCUT2D eigenvalue weighted by atomic mass is 10.6. The minimum atomic E-state index is -4.16. The van der Waals surface area contributed by atoms with Crippen molar-refractivity contribution in [1.29, 1.82) is 0 Å². The third kappa shape index (κ3) is 18.7. The van der Waals surface area contributed by atoms with Gasteiger partial charge in [-0.05, 0) is 0 Å². The van der Waals surface area contributed by atoms with E-state index in [1.165, 1.54) is 0 Å². The molecule has 0 amide bonds. The van der Waals surface area contributed by atoms with Crippen molar-refractivity contribution < 1.29 is 31.8 Å². The zero-order valence-corrected chi connectivity index (χ0v) is 9.57. The van der Waals surface area contributed by atoms with Crippen LogP contribution >= 0.6 is 0 Å². The van der Waals surface area contributed by atoms with Crippen molar-refractivity contribution >= 4 is 16.4 Å². The minimum absolute atomic E-state index is 0.106. The van der Waals surface area contributed by atoms with Gasteiger partial charge in [0, 0.05) is 12.6 Å². The quantitative estimate of drug-likeness (QED) is 0.176. The van der Waals surface area contributed by atoms with Gasteiger partial charge in [-0.3, -0.25) is 14.1 Å². The minimum Gasteiger partial charge on any atom is -0.461 e. The van der Waals surface area contributed by atoms with Crippen LogP contribution in [-0.4, -0.2) is 51.0 Å². The lowest BCUT2D eigenvalue weighted by molar-refractivity contribution is -0.137. The van der Waals surface area contributed by atoms with Crippen LogP contribution in [-0.2, 0) is 24.1 Å². The standard InChI is InChI=1S/C6H11NO3.CH4O4S/c1-2-6(9)10-4-3-7-5-8;1-5-6(2,3)4/h2,7-8H,1,3-5H2;1H3,(H,2,3,4). The summed E-state index contributed by atoms with van der Waals surface area (Å²) in [5.74, 6) is -0.445. The number of carbonyl (C=O) groups excluding carboxylic acids is 1. The van der Waals surface area contributed by atoms with E-state index in [4.69, 9.17) is 9.66 Å². The van der Waals surface area contributed by atoms with E-state index in [0.29, 0.717) is 6.54 Å². The number of hydrogen-bond donors (Lipinski definition) is 3. The Morgan fingerprint density at radius 2 is 2.06 bits per heavy atom. The maximum Gasteiger partial charge on any atom is 0.397 e. The molecule has 0 aliphatic carbocycles. The molecule has 0 aromatic heterocycles. The fourth-order valence-electron chi connectivity index (χ4n) is 0.362. The van der Waals surface area contributed by atoms with E-state index in [2.05, 4.69) is 20.8 Å². The summed E-state index contributed by atoms with van der Waals surface area (Å²) < 4.78 is 34.3. The van der Waals surface area contributed by atoms with Gasteiger partial charge in [-0.25, -0.2) is 4.79 Å². The Kier molecular flexibility index (Phi) is 11.4. The molecule has 0 radical (unpaired) electrons. The molecule has 9 heteroatoms.